The number of nitrogens with one attached hydrogen (secondary N) is 4. The molecule has 1 atom stereocenters. The highest BCUT2D eigenvalue weighted by molar-refractivity contribution is 7.81. The van der Waals surface area contributed by atoms with Gasteiger partial charge in [-0.15, -0.1) is 0 Å². The molecule has 15 nitrogen and oxygen atoms in total. The lowest BCUT2D eigenvalue weighted by atomic mass is 10.0. The number of hydrogen-bond donors (Lipinski definition) is 6. The maximum absolute atomic E-state index is 12.7. The predicted octanol–water partition coefficient (Wildman–Crippen LogP) is 3.74. The number of amides is 8. The monoisotopic (exact) mass is 749 g/mol. The Balaban J connectivity index is 0.00000257. The summed E-state index contributed by atoms with van der Waals surface area (Å²) in [6.07, 6.45) is 4.90. The number of nitrogens with zero attached hydrogens (tertiary/aromatic N) is 2. The van der Waals surface area contributed by atoms with E-state index in [4.69, 9.17) is 10.5 Å². The molecule has 0 saturated heterocycles. The van der Waals surface area contributed by atoms with Crippen molar-refractivity contribution >= 4 is 60.0 Å². The van der Waals surface area contributed by atoms with E-state index in [1.165, 1.54) is 17.1 Å². The number of carbonyl (C=O) groups is 7. The number of nitrogens with two attached hydrogens (primary N) is 1. The average molecular weight is 750 g/mol. The second-order valence-corrected chi connectivity index (χ2v) is 13.9. The van der Waals surface area contributed by atoms with Gasteiger partial charge in [-0.05, 0) is 56.7 Å². The molecule has 0 radical (unpaired) electrons. The smallest absolute Gasteiger partial charge is 0.409 e. The van der Waals surface area contributed by atoms with Crippen molar-refractivity contribution in [2.45, 2.75) is 98.0 Å². The third kappa shape index (κ3) is 20.9. The van der Waals surface area contributed by atoms with Crippen LogP contribution in [0.1, 0.15) is 86.1 Å². The van der Waals surface area contributed by atoms with Crippen molar-refractivity contribution in [2.24, 2.45) is 11.7 Å². The summed E-state index contributed by atoms with van der Waals surface area (Å²) < 4.78 is 4.96. The first kappa shape index (κ1) is 47.4. The Morgan fingerprint density at radius 1 is 0.942 bits per heavy atom. The molecule has 8 amide bonds. The summed E-state index contributed by atoms with van der Waals surface area (Å²) in [7, 11) is 1.64. The van der Waals surface area contributed by atoms with E-state index < -0.39 is 30.0 Å². The van der Waals surface area contributed by atoms with E-state index in [1.54, 1.807) is 45.2 Å². The van der Waals surface area contributed by atoms with Crippen molar-refractivity contribution in [1.82, 2.24) is 25.8 Å². The number of benzene rings is 1. The first-order valence-electron chi connectivity index (χ1n) is 17.6. The topological polar surface area (TPSA) is 209 Å². The van der Waals surface area contributed by atoms with Crippen LogP contribution in [0.4, 0.5) is 15.3 Å². The largest absolute Gasteiger partial charge is 0.445 e. The third-order valence-corrected chi connectivity index (χ3v) is 7.10. The van der Waals surface area contributed by atoms with Gasteiger partial charge in [0.25, 0.3) is 11.8 Å². The molecule has 0 saturated carbocycles. The van der Waals surface area contributed by atoms with Crippen LogP contribution in [0, 0.1) is 5.92 Å². The second-order valence-electron chi connectivity index (χ2n) is 12.7. The summed E-state index contributed by atoms with van der Waals surface area (Å²) in [5, 5.41) is 10.4. The average Bonchev–Trinajstić information content (AvgIpc) is 3.40. The Morgan fingerprint density at radius 2 is 1.54 bits per heavy atom. The summed E-state index contributed by atoms with van der Waals surface area (Å²) in [5.74, 6) is -2.07. The van der Waals surface area contributed by atoms with E-state index in [0.29, 0.717) is 44.6 Å². The SMILES string of the molecule is CC.CC(C)C(NC(=O)CCCCCN1C(=O)C=CC1=O)C(=O)NCC(=O)Nc1ccc(COC(=O)N(C)CC(C)(C)S)cc1.CCCNC(N)=O. The Hall–Kier alpha value is -4.60. The zero-order valence-corrected chi connectivity index (χ0v) is 32.8. The number of urea groups is 1. The minimum Gasteiger partial charge on any atom is -0.445 e. The molecule has 1 heterocycles. The molecular formula is C36H59N7O8S. The minimum absolute atomic E-state index is 0.0705. The Morgan fingerprint density at radius 3 is 2.04 bits per heavy atom. The molecule has 1 aromatic carbocycles. The molecule has 2 rings (SSSR count). The number of ether oxygens (including phenoxy) is 1. The van der Waals surface area contributed by atoms with Crippen LogP contribution in [0.15, 0.2) is 36.4 Å². The van der Waals surface area contributed by atoms with E-state index in [-0.39, 0.29) is 48.0 Å². The lowest BCUT2D eigenvalue weighted by Gasteiger charge is -2.25. The lowest BCUT2D eigenvalue weighted by molar-refractivity contribution is -0.137. The third-order valence-electron chi connectivity index (χ3n) is 6.96. The molecule has 0 bridgehead atoms. The van der Waals surface area contributed by atoms with Crippen molar-refractivity contribution in [3.8, 4) is 0 Å². The maximum Gasteiger partial charge on any atom is 0.409 e. The van der Waals surface area contributed by atoms with Gasteiger partial charge < -0.3 is 36.6 Å². The van der Waals surface area contributed by atoms with Crippen LogP contribution < -0.4 is 27.0 Å². The normalized spacial score (nSPS) is 12.5. The van der Waals surface area contributed by atoms with Crippen LogP contribution in [-0.4, -0.2) is 95.5 Å². The van der Waals surface area contributed by atoms with Gasteiger partial charge in [-0.25, -0.2) is 9.59 Å². The van der Waals surface area contributed by atoms with Gasteiger partial charge in [0.15, 0.2) is 0 Å². The number of primary amides is 1. The van der Waals surface area contributed by atoms with Crippen LogP contribution in [0.25, 0.3) is 0 Å². The number of anilines is 1. The van der Waals surface area contributed by atoms with Gasteiger partial charge in [0.1, 0.15) is 12.6 Å². The summed E-state index contributed by atoms with van der Waals surface area (Å²) in [6, 6.07) is 5.51. The van der Waals surface area contributed by atoms with Crippen LogP contribution in [-0.2, 0) is 35.3 Å². The Labute approximate surface area is 313 Å². The van der Waals surface area contributed by atoms with Crippen molar-refractivity contribution in [3.63, 3.8) is 0 Å². The Bertz CT molecular complexity index is 1330. The lowest BCUT2D eigenvalue weighted by Crippen LogP contribution is -2.51. The number of rotatable bonds is 18. The van der Waals surface area contributed by atoms with Gasteiger partial charge in [0.05, 0.1) is 6.54 Å². The Kier molecular flexibility index (Phi) is 23.1. The molecular weight excluding hydrogens is 691 g/mol. The van der Waals surface area contributed by atoms with E-state index in [0.717, 1.165) is 16.9 Å². The zero-order chi connectivity index (χ0) is 39.9. The number of thiol groups is 1. The van der Waals surface area contributed by atoms with E-state index in [1.807, 2.05) is 34.6 Å². The highest BCUT2D eigenvalue weighted by Gasteiger charge is 2.25. The molecule has 52 heavy (non-hydrogen) atoms. The van der Waals surface area contributed by atoms with Crippen molar-refractivity contribution in [1.29, 1.82) is 0 Å². The summed E-state index contributed by atoms with van der Waals surface area (Å²) in [4.78, 5) is 85.3. The molecule has 0 aliphatic carbocycles. The van der Waals surface area contributed by atoms with Gasteiger partial charge in [0.2, 0.25) is 17.7 Å². The molecule has 0 spiro atoms. The standard InChI is InChI=1S/C30H43N5O7S.C4H10N2O.C2H6/c1-20(2)27(33-23(36)9-7-6-8-16-35-25(38)14-15-26(35)39)28(40)31-17-24(37)32-22-12-10-21(11-13-22)18-42-29(41)34(5)19-30(3,4)43;1-2-3-6-4(5)7;1-2/h10-15,20,27,43H,6-9,16-19H2,1-5H3,(H,31,40)(H,32,37)(H,33,36);2-3H2,1H3,(H3,5,6,7);1-2H3. The molecule has 292 valence electrons. The van der Waals surface area contributed by atoms with Crippen molar-refractivity contribution in [3.05, 3.63) is 42.0 Å². The quantitative estimate of drug-likeness (QED) is 0.0738. The van der Waals surface area contributed by atoms with Gasteiger partial charge in [0, 0.05) is 55.7 Å². The number of carbonyl (C=O) groups excluding carboxylic acids is 7. The number of imide groups is 1. The van der Waals surface area contributed by atoms with Gasteiger partial charge in [-0.2, -0.15) is 12.6 Å². The fraction of sp³-hybridized carbons (Fsp3) is 0.583. The molecule has 16 heteroatoms. The summed E-state index contributed by atoms with van der Waals surface area (Å²) in [6.45, 7) is 14.5. The highest BCUT2D eigenvalue weighted by atomic mass is 32.1. The molecule has 0 aromatic heterocycles. The summed E-state index contributed by atoms with van der Waals surface area (Å²) >= 11 is 4.41. The van der Waals surface area contributed by atoms with Crippen LogP contribution in [0.2, 0.25) is 0 Å². The first-order valence-corrected chi connectivity index (χ1v) is 18.0. The van der Waals surface area contributed by atoms with Gasteiger partial charge in [-0.3, -0.25) is 28.9 Å². The minimum atomic E-state index is -0.814. The second kappa shape index (κ2) is 25.4. The predicted molar refractivity (Wildman–Crippen MR) is 204 cm³/mol. The highest BCUT2D eigenvalue weighted by Crippen LogP contribution is 2.15. The maximum atomic E-state index is 12.7. The van der Waals surface area contributed by atoms with Gasteiger partial charge in [-0.1, -0.05) is 53.2 Å². The molecule has 0 fully saturated rings. The molecule has 1 unspecified atom stereocenters. The van der Waals surface area contributed by atoms with E-state index in [9.17, 15) is 33.6 Å². The molecule has 1 aliphatic heterocycles. The molecule has 1 aliphatic rings. The molecule has 6 N–H and O–H groups in total. The fourth-order valence-electron chi connectivity index (χ4n) is 4.48. The first-order chi connectivity index (χ1) is 24.4. The van der Waals surface area contributed by atoms with Crippen LogP contribution >= 0.6 is 12.6 Å². The van der Waals surface area contributed by atoms with E-state index >= 15 is 0 Å². The number of unbranched alkanes of at least 4 members (excludes halogenated alkanes) is 2. The molecule has 1 aromatic rings. The fourth-order valence-corrected chi connectivity index (χ4v) is 4.69. The van der Waals surface area contributed by atoms with Gasteiger partial charge >= 0.3 is 12.1 Å². The van der Waals surface area contributed by atoms with Crippen molar-refractivity contribution < 1.29 is 38.3 Å². The van der Waals surface area contributed by atoms with Crippen LogP contribution in [0.5, 0.6) is 0 Å². The summed E-state index contributed by atoms with van der Waals surface area (Å²) in [5.41, 5.74) is 5.97. The number of hydrogen-bond acceptors (Lipinski definition) is 9. The van der Waals surface area contributed by atoms with Crippen LogP contribution in [0.3, 0.4) is 0 Å². The van der Waals surface area contributed by atoms with Crippen molar-refractivity contribution in [2.75, 3.05) is 38.5 Å². The van der Waals surface area contributed by atoms with E-state index in [2.05, 4.69) is 33.9 Å². The zero-order valence-electron chi connectivity index (χ0n) is 31.9.